The number of benzene rings is 3. The first-order chi connectivity index (χ1) is 17.7. The lowest BCUT2D eigenvalue weighted by Gasteiger charge is -2.38. The summed E-state index contributed by atoms with van der Waals surface area (Å²) in [6.07, 6.45) is 0. The van der Waals surface area contributed by atoms with Crippen molar-refractivity contribution in [3.8, 4) is 11.3 Å². The zero-order valence-corrected chi connectivity index (χ0v) is 15.8. The highest BCUT2D eigenvalue weighted by Gasteiger charge is 2.40. The van der Waals surface area contributed by atoms with Crippen molar-refractivity contribution < 1.29 is 12.3 Å². The predicted molar refractivity (Wildman–Crippen MR) is 122 cm³/mol. The summed E-state index contributed by atoms with van der Waals surface area (Å²) in [5.41, 5.74) is 0.102. The molecule has 2 nitrogen and oxygen atoms in total. The molecule has 6 rings (SSSR count). The molecule has 0 bridgehead atoms. The monoisotopic (exact) mass is 385 g/mol. The van der Waals surface area contributed by atoms with E-state index in [1.54, 1.807) is 47.7 Å². The molecule has 1 unspecified atom stereocenters. The molecule has 29 heavy (non-hydrogen) atoms. The molecule has 5 aromatic rings. The number of hydrogen-bond donors (Lipinski definition) is 0. The van der Waals surface area contributed by atoms with E-state index in [4.69, 9.17) is 17.3 Å². The first-order valence-electron chi connectivity index (χ1n) is 14.2. The first kappa shape index (κ1) is 10.1. The molecule has 1 aliphatic rings. The molecule has 2 aromatic heterocycles. The lowest BCUT2D eigenvalue weighted by atomic mass is 9.70. The normalized spacial score (nSPS) is 23.5. The van der Waals surface area contributed by atoms with Gasteiger partial charge in [0.05, 0.1) is 16.9 Å². The molecule has 142 valence electrons. The maximum absolute atomic E-state index is 8.70. The lowest BCUT2D eigenvalue weighted by molar-refractivity contribution is 0.416. The summed E-state index contributed by atoms with van der Waals surface area (Å²) in [6.45, 7) is -6.73. The van der Waals surface area contributed by atoms with Crippen LogP contribution in [0.3, 0.4) is 0 Å². The molecule has 0 spiro atoms. The van der Waals surface area contributed by atoms with Crippen LogP contribution >= 0.6 is 0 Å². The van der Waals surface area contributed by atoms with E-state index >= 15 is 0 Å². The van der Waals surface area contributed by atoms with E-state index in [1.165, 1.54) is 6.07 Å². The molecule has 0 saturated heterocycles. The largest absolute Gasteiger partial charge is 0.295 e. The number of pyridine rings is 1. The Labute approximate surface area is 183 Å². The van der Waals surface area contributed by atoms with E-state index < -0.39 is 31.9 Å². The van der Waals surface area contributed by atoms with Crippen molar-refractivity contribution in [1.82, 2.24) is 9.38 Å². The molecule has 1 aliphatic heterocycles. The summed E-state index contributed by atoms with van der Waals surface area (Å²) >= 11 is 0. The number of hydrogen-bond acceptors (Lipinski definition) is 1. The Morgan fingerprint density at radius 3 is 2.45 bits per heavy atom. The van der Waals surface area contributed by atoms with Gasteiger partial charge in [-0.2, -0.15) is 0 Å². The van der Waals surface area contributed by atoms with Gasteiger partial charge in [0.25, 0.3) is 0 Å². The fourth-order valence-corrected chi connectivity index (χ4v) is 4.78. The van der Waals surface area contributed by atoms with Gasteiger partial charge in [0, 0.05) is 34.1 Å². The van der Waals surface area contributed by atoms with Crippen molar-refractivity contribution in [2.24, 2.45) is 0 Å². The van der Waals surface area contributed by atoms with Crippen LogP contribution in [0, 0.1) is 6.85 Å². The number of rotatable bonds is 1. The molecule has 1 atom stereocenters. The molecule has 0 N–H and O–H groups in total. The number of aryl methyl sites for hydroxylation is 1. The average molecular weight is 386 g/mol. The molecular weight excluding hydrogens is 352 g/mol. The highest BCUT2D eigenvalue weighted by Crippen LogP contribution is 2.50. The number of imidazole rings is 1. The third-order valence-corrected chi connectivity index (χ3v) is 6.28. The third kappa shape index (κ3) is 1.99. The molecular formula is C27H24N2. The molecule has 3 heterocycles. The van der Waals surface area contributed by atoms with Crippen LogP contribution in [-0.4, -0.2) is 9.38 Å². The SMILES string of the molecule is [2H]C([2H])([2H])c1ccc2c3c1c1ccccc1c1nc(-c4ccccc4)c(n13)C(C([2H])([2H])[2H])(C([2H])([2H])[2H])C2C. The smallest absolute Gasteiger partial charge is 0.146 e. The second kappa shape index (κ2) is 5.48. The van der Waals surface area contributed by atoms with Crippen LogP contribution in [0.5, 0.6) is 0 Å². The minimum Gasteiger partial charge on any atom is -0.295 e. The van der Waals surface area contributed by atoms with Crippen molar-refractivity contribution in [1.29, 1.82) is 0 Å². The van der Waals surface area contributed by atoms with Gasteiger partial charge in [-0.25, -0.2) is 4.98 Å². The van der Waals surface area contributed by atoms with Gasteiger partial charge < -0.3 is 0 Å². The second-order valence-corrected chi connectivity index (χ2v) is 7.84. The average Bonchev–Trinajstić information content (AvgIpc) is 3.23. The van der Waals surface area contributed by atoms with Gasteiger partial charge in [-0.05, 0) is 29.3 Å². The predicted octanol–water partition coefficient (Wildman–Crippen LogP) is 7.01. The summed E-state index contributed by atoms with van der Waals surface area (Å²) in [5, 5.41) is 1.74. The van der Waals surface area contributed by atoms with E-state index in [1.807, 2.05) is 24.3 Å². The van der Waals surface area contributed by atoms with Gasteiger partial charge in [-0.1, -0.05) is 87.4 Å². The second-order valence-electron chi connectivity index (χ2n) is 7.84. The fourth-order valence-electron chi connectivity index (χ4n) is 4.78. The fraction of sp³-hybridized carbons (Fsp3) is 0.222. The Hall–Kier alpha value is -3.13. The van der Waals surface area contributed by atoms with Gasteiger partial charge in [-0.15, -0.1) is 0 Å². The Kier molecular flexibility index (Phi) is 1.90. The van der Waals surface area contributed by atoms with Crippen molar-refractivity contribution in [3.63, 3.8) is 0 Å². The Morgan fingerprint density at radius 2 is 1.69 bits per heavy atom. The van der Waals surface area contributed by atoms with E-state index in [9.17, 15) is 0 Å². The van der Waals surface area contributed by atoms with Crippen LogP contribution in [-0.2, 0) is 5.41 Å². The number of fused-ring (bicyclic) bond motifs is 3. The summed E-state index contributed by atoms with van der Waals surface area (Å²) < 4.78 is 78.7. The molecule has 2 heteroatoms. The van der Waals surface area contributed by atoms with Crippen molar-refractivity contribution >= 4 is 27.3 Å². The van der Waals surface area contributed by atoms with Crippen LogP contribution in [0.1, 0.15) is 55.7 Å². The van der Waals surface area contributed by atoms with Crippen LogP contribution < -0.4 is 0 Å². The molecule has 0 saturated carbocycles. The zero-order valence-electron chi connectivity index (χ0n) is 24.8. The minimum absolute atomic E-state index is 0.0668. The third-order valence-electron chi connectivity index (χ3n) is 6.28. The Balaban J connectivity index is 2.01. The van der Waals surface area contributed by atoms with E-state index in [0.717, 1.165) is 0 Å². The maximum atomic E-state index is 8.70. The van der Waals surface area contributed by atoms with Crippen LogP contribution in [0.2, 0.25) is 0 Å². The lowest BCUT2D eigenvalue weighted by Crippen LogP contribution is -2.31. The Bertz CT molecular complexity index is 1730. The van der Waals surface area contributed by atoms with Gasteiger partial charge in [0.2, 0.25) is 0 Å². The summed E-state index contributed by atoms with van der Waals surface area (Å²) in [5.74, 6) is -1.01. The minimum atomic E-state index is -2.95. The van der Waals surface area contributed by atoms with Crippen LogP contribution in [0.4, 0.5) is 0 Å². The van der Waals surface area contributed by atoms with Crippen molar-refractivity contribution in [2.45, 2.75) is 38.8 Å². The summed E-state index contributed by atoms with van der Waals surface area (Å²) in [6, 6.07) is 19.3. The van der Waals surface area contributed by atoms with Gasteiger partial charge in [0.1, 0.15) is 5.65 Å². The molecule has 0 aliphatic carbocycles. The van der Waals surface area contributed by atoms with E-state index in [-0.39, 0.29) is 17.0 Å². The van der Waals surface area contributed by atoms with E-state index in [2.05, 4.69) is 0 Å². The van der Waals surface area contributed by atoms with Gasteiger partial charge in [-0.3, -0.25) is 4.40 Å². The summed E-state index contributed by atoms with van der Waals surface area (Å²) in [4.78, 5) is 4.94. The zero-order chi connectivity index (χ0) is 27.4. The number of nitrogens with zero attached hydrogens (tertiary/aromatic N) is 2. The topological polar surface area (TPSA) is 17.3 Å². The van der Waals surface area contributed by atoms with Crippen molar-refractivity contribution in [2.75, 3.05) is 0 Å². The van der Waals surface area contributed by atoms with Crippen LogP contribution in [0.25, 0.3) is 38.6 Å². The highest BCUT2D eigenvalue weighted by molar-refractivity contribution is 6.14. The molecule has 0 amide bonds. The quantitative estimate of drug-likeness (QED) is 0.284. The first-order valence-corrected chi connectivity index (χ1v) is 9.67. The van der Waals surface area contributed by atoms with Crippen LogP contribution in [0.15, 0.2) is 66.7 Å². The van der Waals surface area contributed by atoms with E-state index in [0.29, 0.717) is 38.4 Å². The molecule has 0 fully saturated rings. The maximum Gasteiger partial charge on any atom is 0.146 e. The summed E-state index contributed by atoms with van der Waals surface area (Å²) in [7, 11) is 0. The van der Waals surface area contributed by atoms with Crippen molar-refractivity contribution in [3.05, 3.63) is 83.6 Å². The van der Waals surface area contributed by atoms with Gasteiger partial charge >= 0.3 is 0 Å². The molecule has 0 radical (unpaired) electrons. The molecule has 3 aromatic carbocycles. The number of aromatic nitrogens is 2. The Morgan fingerprint density at radius 1 is 0.931 bits per heavy atom. The standard InChI is InChI=1S/C27H24N2/c1-16-14-15-19-17(2)27(3,4)25-23(18-10-6-5-7-11-18)28-26-21-13-9-8-12-20(21)22(16)24(19)29(25)26/h5-15,17H,1-4H3/i1D3,3D3,4D3. The van der Waals surface area contributed by atoms with Gasteiger partial charge in [0.15, 0.2) is 0 Å². The highest BCUT2D eigenvalue weighted by atomic mass is 15.1.